The maximum Gasteiger partial charge on any atom is 0.224 e. The molecule has 0 aliphatic carbocycles. The first-order valence-corrected chi connectivity index (χ1v) is 6.04. The molecule has 0 bridgehead atoms. The Kier molecular flexibility index (Phi) is 5.40. The zero-order chi connectivity index (χ0) is 11.1. The third kappa shape index (κ3) is 5.57. The fourth-order valence-corrected chi connectivity index (χ4v) is 1.48. The van der Waals surface area contributed by atoms with Crippen LogP contribution in [0.2, 0.25) is 0 Å². The highest BCUT2D eigenvalue weighted by Crippen LogP contribution is 2.02. The summed E-state index contributed by atoms with van der Waals surface area (Å²) < 4.78 is 0. The molecule has 0 aromatic heterocycles. The number of hydrogen-bond donors (Lipinski definition) is 1. The Morgan fingerprint density at radius 2 is 2.07 bits per heavy atom. The van der Waals surface area contributed by atoms with Crippen molar-refractivity contribution >= 4 is 21.8 Å². The van der Waals surface area contributed by atoms with Crippen LogP contribution in [0.3, 0.4) is 0 Å². The van der Waals surface area contributed by atoms with Crippen LogP contribution in [0.1, 0.15) is 18.9 Å². The molecule has 1 atom stereocenters. The Morgan fingerprint density at radius 3 is 2.67 bits per heavy atom. The first-order valence-electron chi connectivity index (χ1n) is 5.13. The van der Waals surface area contributed by atoms with Crippen LogP contribution in [0.5, 0.6) is 0 Å². The van der Waals surface area contributed by atoms with Gasteiger partial charge in [-0.1, -0.05) is 53.2 Å². The molecule has 3 heteroatoms. The molecule has 0 spiro atoms. The first-order chi connectivity index (χ1) is 7.18. The molecule has 0 radical (unpaired) electrons. The molecule has 0 aliphatic rings. The van der Waals surface area contributed by atoms with E-state index in [0.29, 0.717) is 11.2 Å². The second-order valence-corrected chi connectivity index (χ2v) is 5.14. The number of amides is 1. The summed E-state index contributed by atoms with van der Waals surface area (Å²) >= 11 is 3.44. The molecular weight excluding hydrogens is 254 g/mol. The molecule has 0 saturated carbocycles. The van der Waals surface area contributed by atoms with Gasteiger partial charge in [0, 0.05) is 11.4 Å². The number of benzene rings is 1. The predicted molar refractivity (Wildman–Crippen MR) is 66.2 cm³/mol. The summed E-state index contributed by atoms with van der Waals surface area (Å²) in [6.07, 6.45) is 1.43. The molecule has 0 aliphatic heterocycles. The van der Waals surface area contributed by atoms with E-state index in [0.717, 1.165) is 18.5 Å². The average molecular weight is 270 g/mol. The minimum Gasteiger partial charge on any atom is -0.356 e. The SMILES string of the molecule is CC(Br)CCNC(=O)Cc1ccccc1. The van der Waals surface area contributed by atoms with Crippen molar-refractivity contribution in [2.45, 2.75) is 24.6 Å². The van der Waals surface area contributed by atoms with Gasteiger partial charge < -0.3 is 5.32 Å². The Labute approximate surface area is 99.2 Å². The number of halogens is 1. The monoisotopic (exact) mass is 269 g/mol. The van der Waals surface area contributed by atoms with E-state index in [1.54, 1.807) is 0 Å². The van der Waals surface area contributed by atoms with E-state index in [9.17, 15) is 4.79 Å². The van der Waals surface area contributed by atoms with E-state index in [-0.39, 0.29) is 5.91 Å². The number of rotatable bonds is 5. The molecule has 1 aromatic rings. The minimum atomic E-state index is 0.0920. The smallest absolute Gasteiger partial charge is 0.224 e. The second kappa shape index (κ2) is 6.62. The highest BCUT2D eigenvalue weighted by molar-refractivity contribution is 9.09. The standard InChI is InChI=1S/C12H16BrNO/c1-10(13)7-8-14-12(15)9-11-5-3-2-4-6-11/h2-6,10H,7-9H2,1H3,(H,14,15). The molecule has 0 heterocycles. The number of nitrogens with one attached hydrogen (secondary N) is 1. The van der Waals surface area contributed by atoms with Crippen molar-refractivity contribution in [2.24, 2.45) is 0 Å². The van der Waals surface area contributed by atoms with Crippen molar-refractivity contribution in [3.63, 3.8) is 0 Å². The van der Waals surface area contributed by atoms with Gasteiger partial charge in [-0.25, -0.2) is 0 Å². The van der Waals surface area contributed by atoms with Gasteiger partial charge in [0.2, 0.25) is 5.91 Å². The average Bonchev–Trinajstić information content (AvgIpc) is 2.18. The predicted octanol–water partition coefficient (Wildman–Crippen LogP) is 2.52. The lowest BCUT2D eigenvalue weighted by atomic mass is 10.1. The van der Waals surface area contributed by atoms with Crippen LogP contribution in [-0.2, 0) is 11.2 Å². The van der Waals surface area contributed by atoms with Gasteiger partial charge in [0.05, 0.1) is 6.42 Å². The van der Waals surface area contributed by atoms with Gasteiger partial charge in [-0.2, -0.15) is 0 Å². The third-order valence-corrected chi connectivity index (χ3v) is 2.53. The van der Waals surface area contributed by atoms with E-state index in [1.807, 2.05) is 30.3 Å². The zero-order valence-electron chi connectivity index (χ0n) is 8.87. The number of carbonyl (C=O) groups excluding carboxylic acids is 1. The summed E-state index contributed by atoms with van der Waals surface area (Å²) in [5.74, 6) is 0.0920. The molecule has 1 aromatic carbocycles. The van der Waals surface area contributed by atoms with Crippen molar-refractivity contribution < 1.29 is 4.79 Å². The highest BCUT2D eigenvalue weighted by atomic mass is 79.9. The number of carbonyl (C=O) groups is 1. The van der Waals surface area contributed by atoms with E-state index >= 15 is 0 Å². The summed E-state index contributed by atoms with van der Waals surface area (Å²) in [7, 11) is 0. The van der Waals surface area contributed by atoms with Gasteiger partial charge in [0.15, 0.2) is 0 Å². The van der Waals surface area contributed by atoms with Crippen molar-refractivity contribution in [3.05, 3.63) is 35.9 Å². The summed E-state index contributed by atoms with van der Waals surface area (Å²) in [5.41, 5.74) is 1.06. The fourth-order valence-electron chi connectivity index (χ4n) is 1.25. The van der Waals surface area contributed by atoms with Crippen molar-refractivity contribution in [2.75, 3.05) is 6.54 Å². The summed E-state index contributed by atoms with van der Waals surface area (Å²) in [5, 5.41) is 2.89. The van der Waals surface area contributed by atoms with Crippen molar-refractivity contribution in [3.8, 4) is 0 Å². The summed E-state index contributed by atoms with van der Waals surface area (Å²) in [6, 6.07) is 9.78. The van der Waals surface area contributed by atoms with E-state index in [1.165, 1.54) is 0 Å². The number of hydrogen-bond acceptors (Lipinski definition) is 1. The summed E-state index contributed by atoms with van der Waals surface area (Å²) in [4.78, 5) is 11.9. The van der Waals surface area contributed by atoms with E-state index in [4.69, 9.17) is 0 Å². The molecule has 1 amide bonds. The van der Waals surface area contributed by atoms with Crippen molar-refractivity contribution in [1.82, 2.24) is 5.32 Å². The van der Waals surface area contributed by atoms with E-state index in [2.05, 4.69) is 28.2 Å². The van der Waals surface area contributed by atoms with Crippen LogP contribution in [0.25, 0.3) is 0 Å². The quantitative estimate of drug-likeness (QED) is 0.818. The molecule has 15 heavy (non-hydrogen) atoms. The topological polar surface area (TPSA) is 29.1 Å². The van der Waals surface area contributed by atoms with Crippen LogP contribution in [0.15, 0.2) is 30.3 Å². The zero-order valence-corrected chi connectivity index (χ0v) is 10.5. The van der Waals surface area contributed by atoms with Crippen molar-refractivity contribution in [1.29, 1.82) is 0 Å². The first kappa shape index (κ1) is 12.2. The molecule has 82 valence electrons. The van der Waals surface area contributed by atoms with Gasteiger partial charge in [-0.05, 0) is 12.0 Å². The lowest BCUT2D eigenvalue weighted by Gasteiger charge is -2.06. The van der Waals surface area contributed by atoms with Gasteiger partial charge in [-0.15, -0.1) is 0 Å². The lowest BCUT2D eigenvalue weighted by molar-refractivity contribution is -0.120. The second-order valence-electron chi connectivity index (χ2n) is 3.58. The van der Waals surface area contributed by atoms with Crippen LogP contribution in [0.4, 0.5) is 0 Å². The Balaban J connectivity index is 2.25. The molecule has 1 unspecified atom stereocenters. The summed E-state index contributed by atoms with van der Waals surface area (Å²) in [6.45, 7) is 2.81. The Bertz CT molecular complexity index is 298. The minimum absolute atomic E-state index is 0.0920. The molecule has 0 fully saturated rings. The normalized spacial score (nSPS) is 12.1. The Hall–Kier alpha value is -0.830. The van der Waals surface area contributed by atoms with Crippen LogP contribution < -0.4 is 5.32 Å². The lowest BCUT2D eigenvalue weighted by Crippen LogP contribution is -2.27. The maximum absolute atomic E-state index is 11.5. The third-order valence-electron chi connectivity index (χ3n) is 2.07. The molecule has 0 saturated heterocycles. The largest absolute Gasteiger partial charge is 0.356 e. The number of alkyl halides is 1. The highest BCUT2D eigenvalue weighted by Gasteiger charge is 2.02. The molecule has 1 rings (SSSR count). The van der Waals surface area contributed by atoms with Gasteiger partial charge in [0.1, 0.15) is 0 Å². The van der Waals surface area contributed by atoms with Crippen LogP contribution >= 0.6 is 15.9 Å². The maximum atomic E-state index is 11.5. The van der Waals surface area contributed by atoms with Gasteiger partial charge >= 0.3 is 0 Å². The molecule has 1 N–H and O–H groups in total. The van der Waals surface area contributed by atoms with Crippen LogP contribution in [0, 0.1) is 0 Å². The Morgan fingerprint density at radius 1 is 1.40 bits per heavy atom. The van der Waals surface area contributed by atoms with Gasteiger partial charge in [-0.3, -0.25) is 4.79 Å². The molecular formula is C12H16BrNO. The molecule has 2 nitrogen and oxygen atoms in total. The van der Waals surface area contributed by atoms with Crippen LogP contribution in [-0.4, -0.2) is 17.3 Å². The van der Waals surface area contributed by atoms with Gasteiger partial charge in [0.25, 0.3) is 0 Å². The fraction of sp³-hybridized carbons (Fsp3) is 0.417. The van der Waals surface area contributed by atoms with E-state index < -0.39 is 0 Å².